The molecule has 1 rings (SSSR count). The zero-order valence-electron chi connectivity index (χ0n) is 10.9. The third-order valence-corrected chi connectivity index (χ3v) is 3.14. The summed E-state index contributed by atoms with van der Waals surface area (Å²) in [4.78, 5) is 11.7. The number of nitrogens with two attached hydrogens (primary N) is 1. The normalized spacial score (nSPS) is 19.8. The van der Waals surface area contributed by atoms with Gasteiger partial charge < -0.3 is 11.1 Å². The SMILES string of the molecule is CC(C)(C)CC(N)CNC(=O)C1CCCC1. The van der Waals surface area contributed by atoms with Gasteiger partial charge in [0.05, 0.1) is 0 Å². The van der Waals surface area contributed by atoms with Gasteiger partial charge >= 0.3 is 0 Å². The van der Waals surface area contributed by atoms with Gasteiger partial charge in [-0.3, -0.25) is 4.79 Å². The van der Waals surface area contributed by atoms with Gasteiger partial charge in [-0.05, 0) is 24.7 Å². The lowest BCUT2D eigenvalue weighted by Gasteiger charge is -2.23. The van der Waals surface area contributed by atoms with Crippen LogP contribution in [0.4, 0.5) is 0 Å². The van der Waals surface area contributed by atoms with Crippen molar-refractivity contribution >= 4 is 5.91 Å². The van der Waals surface area contributed by atoms with Crippen LogP contribution < -0.4 is 11.1 Å². The van der Waals surface area contributed by atoms with E-state index in [0.717, 1.165) is 19.3 Å². The average molecular weight is 226 g/mol. The lowest BCUT2D eigenvalue weighted by Crippen LogP contribution is -2.41. The minimum atomic E-state index is 0.0744. The molecule has 1 atom stereocenters. The van der Waals surface area contributed by atoms with Gasteiger partial charge in [-0.25, -0.2) is 0 Å². The van der Waals surface area contributed by atoms with E-state index >= 15 is 0 Å². The molecule has 3 heteroatoms. The predicted octanol–water partition coefficient (Wildman–Crippen LogP) is 2.06. The Morgan fingerprint density at radius 1 is 1.38 bits per heavy atom. The molecule has 0 bridgehead atoms. The van der Waals surface area contributed by atoms with E-state index < -0.39 is 0 Å². The van der Waals surface area contributed by atoms with Crippen LogP contribution in [-0.2, 0) is 4.79 Å². The van der Waals surface area contributed by atoms with Crippen LogP contribution in [0, 0.1) is 11.3 Å². The van der Waals surface area contributed by atoms with Crippen LogP contribution in [0.3, 0.4) is 0 Å². The van der Waals surface area contributed by atoms with Gasteiger partial charge in [0.2, 0.25) is 5.91 Å². The summed E-state index contributed by atoms with van der Waals surface area (Å²) >= 11 is 0. The Kier molecular flexibility index (Phi) is 4.78. The summed E-state index contributed by atoms with van der Waals surface area (Å²) < 4.78 is 0. The van der Waals surface area contributed by atoms with Crippen LogP contribution in [0.2, 0.25) is 0 Å². The van der Waals surface area contributed by atoms with E-state index in [4.69, 9.17) is 5.73 Å². The fourth-order valence-electron chi connectivity index (χ4n) is 2.42. The highest BCUT2D eigenvalue weighted by Crippen LogP contribution is 2.24. The first-order chi connectivity index (χ1) is 7.38. The van der Waals surface area contributed by atoms with Gasteiger partial charge in [-0.2, -0.15) is 0 Å². The second kappa shape index (κ2) is 5.67. The number of nitrogens with one attached hydrogen (secondary N) is 1. The highest BCUT2D eigenvalue weighted by molar-refractivity contribution is 5.78. The van der Waals surface area contributed by atoms with Crippen molar-refractivity contribution in [2.75, 3.05) is 6.54 Å². The van der Waals surface area contributed by atoms with Gasteiger partial charge in [0.1, 0.15) is 0 Å². The van der Waals surface area contributed by atoms with E-state index in [9.17, 15) is 4.79 Å². The molecule has 1 aliphatic rings. The van der Waals surface area contributed by atoms with Crippen molar-refractivity contribution in [1.82, 2.24) is 5.32 Å². The van der Waals surface area contributed by atoms with Crippen LogP contribution in [0.15, 0.2) is 0 Å². The van der Waals surface area contributed by atoms with Gasteiger partial charge in [0, 0.05) is 18.5 Å². The summed E-state index contributed by atoms with van der Waals surface area (Å²) in [5.74, 6) is 0.462. The van der Waals surface area contributed by atoms with Crippen molar-refractivity contribution in [3.8, 4) is 0 Å². The van der Waals surface area contributed by atoms with E-state index in [2.05, 4.69) is 26.1 Å². The van der Waals surface area contributed by atoms with Crippen molar-refractivity contribution in [1.29, 1.82) is 0 Å². The molecule has 0 spiro atoms. The van der Waals surface area contributed by atoms with E-state index in [1.54, 1.807) is 0 Å². The molecular weight excluding hydrogens is 200 g/mol. The molecule has 0 aromatic carbocycles. The molecule has 0 saturated heterocycles. The highest BCUT2D eigenvalue weighted by atomic mass is 16.1. The molecule has 3 nitrogen and oxygen atoms in total. The van der Waals surface area contributed by atoms with Gasteiger partial charge in [-0.15, -0.1) is 0 Å². The predicted molar refractivity (Wildman–Crippen MR) is 67.0 cm³/mol. The quantitative estimate of drug-likeness (QED) is 0.771. The molecule has 0 aliphatic heterocycles. The molecule has 0 aromatic heterocycles. The molecule has 1 fully saturated rings. The zero-order valence-corrected chi connectivity index (χ0v) is 10.9. The molecule has 1 amide bonds. The minimum absolute atomic E-state index is 0.0744. The van der Waals surface area contributed by atoms with Gasteiger partial charge in [-0.1, -0.05) is 33.6 Å². The molecular formula is C13H26N2O. The van der Waals surface area contributed by atoms with Crippen molar-refractivity contribution in [3.05, 3.63) is 0 Å². The lowest BCUT2D eigenvalue weighted by atomic mass is 9.88. The first-order valence-corrected chi connectivity index (χ1v) is 6.42. The fraction of sp³-hybridized carbons (Fsp3) is 0.923. The Hall–Kier alpha value is -0.570. The van der Waals surface area contributed by atoms with Crippen LogP contribution in [0.5, 0.6) is 0 Å². The first kappa shape index (κ1) is 13.5. The van der Waals surface area contributed by atoms with Crippen molar-refractivity contribution in [3.63, 3.8) is 0 Å². The second-order valence-corrected chi connectivity index (χ2v) is 6.25. The van der Waals surface area contributed by atoms with Gasteiger partial charge in [0.25, 0.3) is 0 Å². The lowest BCUT2D eigenvalue weighted by molar-refractivity contribution is -0.124. The number of rotatable bonds is 4. The Morgan fingerprint density at radius 3 is 2.44 bits per heavy atom. The molecule has 0 aromatic rings. The van der Waals surface area contributed by atoms with Crippen molar-refractivity contribution in [2.45, 2.75) is 58.9 Å². The molecule has 1 unspecified atom stereocenters. The van der Waals surface area contributed by atoms with E-state index in [0.29, 0.717) is 6.54 Å². The molecule has 1 saturated carbocycles. The fourth-order valence-corrected chi connectivity index (χ4v) is 2.42. The summed E-state index contributed by atoms with van der Waals surface area (Å²) in [6, 6.07) is 0.0744. The standard InChI is InChI=1S/C13H26N2O/c1-13(2,3)8-11(14)9-15-12(16)10-6-4-5-7-10/h10-11H,4-9,14H2,1-3H3,(H,15,16). The van der Waals surface area contributed by atoms with Crippen molar-refractivity contribution < 1.29 is 4.79 Å². The monoisotopic (exact) mass is 226 g/mol. The van der Waals surface area contributed by atoms with E-state index in [1.807, 2.05) is 0 Å². The number of amides is 1. The number of carbonyl (C=O) groups excluding carboxylic acids is 1. The first-order valence-electron chi connectivity index (χ1n) is 6.42. The van der Waals surface area contributed by atoms with Crippen LogP contribution in [0.25, 0.3) is 0 Å². The third kappa shape index (κ3) is 4.97. The average Bonchev–Trinajstić information content (AvgIpc) is 2.64. The summed E-state index contributed by atoms with van der Waals surface area (Å²) in [6.07, 6.45) is 5.46. The smallest absolute Gasteiger partial charge is 0.223 e. The highest BCUT2D eigenvalue weighted by Gasteiger charge is 2.23. The number of hydrogen-bond donors (Lipinski definition) is 2. The maximum absolute atomic E-state index is 11.7. The second-order valence-electron chi connectivity index (χ2n) is 6.25. The van der Waals surface area contributed by atoms with Gasteiger partial charge in [0.15, 0.2) is 0 Å². The van der Waals surface area contributed by atoms with Crippen molar-refractivity contribution in [2.24, 2.45) is 17.1 Å². The molecule has 0 radical (unpaired) electrons. The maximum atomic E-state index is 11.7. The number of carbonyl (C=O) groups is 1. The van der Waals surface area contributed by atoms with E-state index in [-0.39, 0.29) is 23.3 Å². The largest absolute Gasteiger partial charge is 0.354 e. The van der Waals surface area contributed by atoms with E-state index in [1.165, 1.54) is 12.8 Å². The molecule has 16 heavy (non-hydrogen) atoms. The van der Waals surface area contributed by atoms with Crippen LogP contribution in [0.1, 0.15) is 52.9 Å². The molecule has 1 aliphatic carbocycles. The zero-order chi connectivity index (χ0) is 12.2. The summed E-state index contributed by atoms with van der Waals surface area (Å²) in [7, 11) is 0. The minimum Gasteiger partial charge on any atom is -0.354 e. The maximum Gasteiger partial charge on any atom is 0.223 e. The topological polar surface area (TPSA) is 55.1 Å². The summed E-state index contributed by atoms with van der Waals surface area (Å²) in [5, 5.41) is 2.98. The Labute approximate surface area is 99.2 Å². The molecule has 3 N–H and O–H groups in total. The summed E-state index contributed by atoms with van der Waals surface area (Å²) in [6.45, 7) is 7.13. The van der Waals surface area contributed by atoms with Crippen LogP contribution in [-0.4, -0.2) is 18.5 Å². The third-order valence-electron chi connectivity index (χ3n) is 3.14. The molecule has 94 valence electrons. The number of hydrogen-bond acceptors (Lipinski definition) is 2. The Bertz CT molecular complexity index is 227. The Morgan fingerprint density at radius 2 is 1.94 bits per heavy atom. The summed E-state index contributed by atoms with van der Waals surface area (Å²) in [5.41, 5.74) is 6.23. The van der Waals surface area contributed by atoms with Crippen LogP contribution >= 0.6 is 0 Å². The Balaban J connectivity index is 2.20. The molecule has 0 heterocycles.